The highest BCUT2D eigenvalue weighted by Crippen LogP contribution is 2.13. The standard InChI is InChI=1S/C16H27N3O/c1-5-8-13(7-3)19-16(20)12-10-14(9-6-2)18-15(11-12)17-4/h10-11,13H,5-9H2,1-4H3,(H,17,18)(H,19,20). The Morgan fingerprint density at radius 1 is 1.25 bits per heavy atom. The van der Waals surface area contributed by atoms with Crippen LogP contribution in [0.2, 0.25) is 0 Å². The number of pyridine rings is 1. The van der Waals surface area contributed by atoms with Crippen molar-refractivity contribution >= 4 is 11.7 Å². The second-order valence-electron chi connectivity index (χ2n) is 5.10. The Morgan fingerprint density at radius 3 is 2.55 bits per heavy atom. The number of carbonyl (C=O) groups is 1. The smallest absolute Gasteiger partial charge is 0.251 e. The zero-order chi connectivity index (χ0) is 15.0. The molecule has 20 heavy (non-hydrogen) atoms. The summed E-state index contributed by atoms with van der Waals surface area (Å²) in [5.74, 6) is 0.756. The first kappa shape index (κ1) is 16.5. The molecule has 0 saturated carbocycles. The lowest BCUT2D eigenvalue weighted by molar-refractivity contribution is 0.0933. The lowest BCUT2D eigenvalue weighted by Crippen LogP contribution is -2.34. The number of amides is 1. The van der Waals surface area contributed by atoms with Crippen LogP contribution in [0.5, 0.6) is 0 Å². The quantitative estimate of drug-likeness (QED) is 0.766. The molecule has 1 unspecified atom stereocenters. The van der Waals surface area contributed by atoms with Gasteiger partial charge < -0.3 is 10.6 Å². The van der Waals surface area contributed by atoms with E-state index >= 15 is 0 Å². The summed E-state index contributed by atoms with van der Waals surface area (Å²) in [4.78, 5) is 16.8. The summed E-state index contributed by atoms with van der Waals surface area (Å²) in [5, 5.41) is 6.13. The van der Waals surface area contributed by atoms with Crippen molar-refractivity contribution in [2.24, 2.45) is 0 Å². The summed E-state index contributed by atoms with van der Waals surface area (Å²) in [6, 6.07) is 3.97. The molecule has 112 valence electrons. The molecule has 1 atom stereocenters. The molecule has 0 aliphatic rings. The van der Waals surface area contributed by atoms with Crippen LogP contribution >= 0.6 is 0 Å². The SMILES string of the molecule is CCCc1cc(C(=O)NC(CC)CCC)cc(NC)n1. The molecule has 1 rings (SSSR count). The van der Waals surface area contributed by atoms with E-state index in [0.29, 0.717) is 5.56 Å². The molecule has 1 aromatic rings. The van der Waals surface area contributed by atoms with Gasteiger partial charge in [-0.1, -0.05) is 33.6 Å². The van der Waals surface area contributed by atoms with Gasteiger partial charge >= 0.3 is 0 Å². The van der Waals surface area contributed by atoms with E-state index in [1.54, 1.807) is 0 Å². The molecule has 0 aliphatic carbocycles. The van der Waals surface area contributed by atoms with Crippen LogP contribution in [-0.2, 0) is 6.42 Å². The average molecular weight is 277 g/mol. The largest absolute Gasteiger partial charge is 0.373 e. The predicted molar refractivity (Wildman–Crippen MR) is 84.2 cm³/mol. The van der Waals surface area contributed by atoms with E-state index < -0.39 is 0 Å². The fraction of sp³-hybridized carbons (Fsp3) is 0.625. The molecule has 0 aromatic carbocycles. The fourth-order valence-electron chi connectivity index (χ4n) is 2.23. The van der Waals surface area contributed by atoms with Gasteiger partial charge in [-0.15, -0.1) is 0 Å². The maximum atomic E-state index is 12.3. The monoisotopic (exact) mass is 277 g/mol. The van der Waals surface area contributed by atoms with Gasteiger partial charge in [0.1, 0.15) is 5.82 Å². The molecular formula is C16H27N3O. The highest BCUT2D eigenvalue weighted by molar-refractivity contribution is 5.95. The molecule has 0 bridgehead atoms. The lowest BCUT2D eigenvalue weighted by Gasteiger charge is -2.16. The summed E-state index contributed by atoms with van der Waals surface area (Å²) in [6.07, 6.45) is 4.98. The van der Waals surface area contributed by atoms with E-state index in [-0.39, 0.29) is 11.9 Å². The molecule has 0 saturated heterocycles. The summed E-state index contributed by atoms with van der Waals surface area (Å²) >= 11 is 0. The van der Waals surface area contributed by atoms with Crippen molar-refractivity contribution in [2.75, 3.05) is 12.4 Å². The van der Waals surface area contributed by atoms with E-state index in [9.17, 15) is 4.79 Å². The maximum absolute atomic E-state index is 12.3. The number of aryl methyl sites for hydroxylation is 1. The van der Waals surface area contributed by atoms with Gasteiger partial charge in [-0.2, -0.15) is 0 Å². The Bertz CT molecular complexity index is 432. The predicted octanol–water partition coefficient (Wildman–Crippen LogP) is 3.38. The van der Waals surface area contributed by atoms with Gasteiger partial charge in [-0.25, -0.2) is 4.98 Å². The topological polar surface area (TPSA) is 54.0 Å². The van der Waals surface area contributed by atoms with E-state index in [2.05, 4.69) is 36.4 Å². The third-order valence-corrected chi connectivity index (χ3v) is 3.37. The van der Waals surface area contributed by atoms with Crippen LogP contribution < -0.4 is 10.6 Å². The lowest BCUT2D eigenvalue weighted by atomic mass is 10.1. The molecule has 0 spiro atoms. The van der Waals surface area contributed by atoms with Gasteiger partial charge in [0.2, 0.25) is 0 Å². The third-order valence-electron chi connectivity index (χ3n) is 3.37. The van der Waals surface area contributed by atoms with Gasteiger partial charge in [0.05, 0.1) is 0 Å². The van der Waals surface area contributed by atoms with Crippen molar-refractivity contribution < 1.29 is 4.79 Å². The van der Waals surface area contributed by atoms with Crippen LogP contribution in [0.4, 0.5) is 5.82 Å². The van der Waals surface area contributed by atoms with Crippen molar-refractivity contribution in [3.05, 3.63) is 23.4 Å². The van der Waals surface area contributed by atoms with Gasteiger partial charge in [0.25, 0.3) is 5.91 Å². The number of aromatic nitrogens is 1. The zero-order valence-corrected chi connectivity index (χ0v) is 13.1. The second kappa shape index (κ2) is 8.56. The normalized spacial score (nSPS) is 12.0. The van der Waals surface area contributed by atoms with Crippen LogP contribution in [0.25, 0.3) is 0 Å². The molecule has 4 heteroatoms. The Labute approximate surface area is 122 Å². The van der Waals surface area contributed by atoms with E-state index in [1.165, 1.54) is 0 Å². The first-order chi connectivity index (χ1) is 9.64. The van der Waals surface area contributed by atoms with Crippen LogP contribution in [0.3, 0.4) is 0 Å². The number of nitrogens with zero attached hydrogens (tertiary/aromatic N) is 1. The molecule has 1 heterocycles. The van der Waals surface area contributed by atoms with Crippen LogP contribution in [0.15, 0.2) is 12.1 Å². The Hall–Kier alpha value is -1.58. The third kappa shape index (κ3) is 4.83. The Kier molecular flexibility index (Phi) is 7.05. The molecule has 4 nitrogen and oxygen atoms in total. The summed E-state index contributed by atoms with van der Waals surface area (Å²) < 4.78 is 0. The molecule has 0 radical (unpaired) electrons. The van der Waals surface area contributed by atoms with E-state index in [4.69, 9.17) is 0 Å². The summed E-state index contributed by atoms with van der Waals surface area (Å²) in [5.41, 5.74) is 1.66. The van der Waals surface area contributed by atoms with Crippen LogP contribution in [0.1, 0.15) is 62.5 Å². The highest BCUT2D eigenvalue weighted by Gasteiger charge is 2.13. The Morgan fingerprint density at radius 2 is 2.00 bits per heavy atom. The molecule has 1 aromatic heterocycles. The zero-order valence-electron chi connectivity index (χ0n) is 13.1. The minimum Gasteiger partial charge on any atom is -0.373 e. The first-order valence-electron chi connectivity index (χ1n) is 7.64. The second-order valence-corrected chi connectivity index (χ2v) is 5.10. The number of rotatable bonds is 8. The molecule has 1 amide bonds. The van der Waals surface area contributed by atoms with Crippen LogP contribution in [-0.4, -0.2) is 24.0 Å². The number of hydrogen-bond donors (Lipinski definition) is 2. The summed E-state index contributed by atoms with van der Waals surface area (Å²) in [6.45, 7) is 6.36. The molecule has 0 fully saturated rings. The number of carbonyl (C=O) groups excluding carboxylic acids is 1. The van der Waals surface area contributed by atoms with Gasteiger partial charge in [0, 0.05) is 24.3 Å². The van der Waals surface area contributed by atoms with Gasteiger partial charge in [-0.3, -0.25) is 4.79 Å². The number of hydrogen-bond acceptors (Lipinski definition) is 3. The minimum atomic E-state index is 0.00144. The van der Waals surface area contributed by atoms with Crippen molar-refractivity contribution in [1.29, 1.82) is 0 Å². The van der Waals surface area contributed by atoms with E-state index in [0.717, 1.165) is 43.6 Å². The van der Waals surface area contributed by atoms with Crippen molar-refractivity contribution in [3.63, 3.8) is 0 Å². The Balaban J connectivity index is 2.87. The first-order valence-corrected chi connectivity index (χ1v) is 7.64. The van der Waals surface area contributed by atoms with Crippen LogP contribution in [0, 0.1) is 0 Å². The van der Waals surface area contributed by atoms with Gasteiger partial charge in [0.15, 0.2) is 0 Å². The van der Waals surface area contributed by atoms with Crippen molar-refractivity contribution in [3.8, 4) is 0 Å². The van der Waals surface area contributed by atoms with Gasteiger partial charge in [-0.05, 0) is 31.4 Å². The highest BCUT2D eigenvalue weighted by atomic mass is 16.1. The summed E-state index contributed by atoms with van der Waals surface area (Å²) in [7, 11) is 1.83. The van der Waals surface area contributed by atoms with Crippen molar-refractivity contribution in [1.82, 2.24) is 10.3 Å². The molecular weight excluding hydrogens is 250 g/mol. The molecule has 0 aliphatic heterocycles. The van der Waals surface area contributed by atoms with Crippen molar-refractivity contribution in [2.45, 2.75) is 58.9 Å². The number of anilines is 1. The minimum absolute atomic E-state index is 0.00144. The number of nitrogens with one attached hydrogen (secondary N) is 2. The fourth-order valence-corrected chi connectivity index (χ4v) is 2.23. The van der Waals surface area contributed by atoms with E-state index in [1.807, 2.05) is 19.2 Å². The maximum Gasteiger partial charge on any atom is 0.251 e. The molecule has 2 N–H and O–H groups in total. The average Bonchev–Trinajstić information content (AvgIpc) is 2.46.